The summed E-state index contributed by atoms with van der Waals surface area (Å²) in [6, 6.07) is 4.87. The van der Waals surface area contributed by atoms with Crippen molar-refractivity contribution in [2.45, 2.75) is 39.8 Å². The van der Waals surface area contributed by atoms with E-state index in [9.17, 15) is 14.7 Å². The molecule has 8 heteroatoms. The van der Waals surface area contributed by atoms with Crippen LogP contribution in [-0.4, -0.2) is 71.7 Å². The number of piperazine rings is 1. The molecule has 0 spiro atoms. The Morgan fingerprint density at radius 2 is 2.00 bits per heavy atom. The molecule has 2 atom stereocenters. The van der Waals surface area contributed by atoms with Gasteiger partial charge in [-0.1, -0.05) is 25.4 Å². The van der Waals surface area contributed by atoms with Gasteiger partial charge in [0.1, 0.15) is 0 Å². The molecule has 28 heavy (non-hydrogen) atoms. The number of amides is 3. The van der Waals surface area contributed by atoms with Gasteiger partial charge in [-0.05, 0) is 38.0 Å². The highest BCUT2D eigenvalue weighted by Crippen LogP contribution is 2.22. The molecule has 0 saturated carbocycles. The zero-order valence-corrected chi connectivity index (χ0v) is 17.8. The van der Waals surface area contributed by atoms with Gasteiger partial charge in [0.15, 0.2) is 0 Å². The third kappa shape index (κ3) is 6.36. The van der Waals surface area contributed by atoms with E-state index in [1.165, 1.54) is 0 Å². The molecule has 1 fully saturated rings. The molecule has 2 rings (SSSR count). The first-order chi connectivity index (χ1) is 13.2. The van der Waals surface area contributed by atoms with Crippen LogP contribution in [0.3, 0.4) is 0 Å². The number of anilines is 1. The molecule has 1 aromatic carbocycles. The Hall–Kier alpha value is -1.83. The molecule has 1 aliphatic heterocycles. The molecule has 1 heterocycles. The van der Waals surface area contributed by atoms with E-state index in [4.69, 9.17) is 11.6 Å². The first-order valence-corrected chi connectivity index (χ1v) is 10.1. The lowest BCUT2D eigenvalue weighted by Crippen LogP contribution is -2.55. The van der Waals surface area contributed by atoms with Crippen molar-refractivity contribution in [2.24, 2.45) is 5.92 Å². The van der Waals surface area contributed by atoms with E-state index in [0.717, 1.165) is 6.54 Å². The topological polar surface area (TPSA) is 84.9 Å². The van der Waals surface area contributed by atoms with Gasteiger partial charge in [-0.25, -0.2) is 4.79 Å². The summed E-state index contributed by atoms with van der Waals surface area (Å²) in [5.41, 5.74) is 0.940. The lowest BCUT2D eigenvalue weighted by molar-refractivity contribution is 0.0590. The molecule has 1 aliphatic rings. The van der Waals surface area contributed by atoms with E-state index in [-0.39, 0.29) is 24.1 Å². The van der Waals surface area contributed by atoms with Gasteiger partial charge >= 0.3 is 6.03 Å². The number of carbonyl (C=O) groups excluding carboxylic acids is 2. The van der Waals surface area contributed by atoms with Crippen LogP contribution in [0.25, 0.3) is 0 Å². The maximum absolute atomic E-state index is 12.6. The normalized spacial score (nSPS) is 18.8. The van der Waals surface area contributed by atoms with Gasteiger partial charge in [-0.2, -0.15) is 0 Å². The third-order valence-electron chi connectivity index (χ3n) is 4.69. The molecule has 156 valence electrons. The molecular formula is C20H31ClN4O3. The molecule has 0 aliphatic carbocycles. The van der Waals surface area contributed by atoms with E-state index in [2.05, 4.69) is 15.5 Å². The van der Waals surface area contributed by atoms with Crippen LogP contribution in [0.1, 0.15) is 38.1 Å². The molecule has 1 aromatic rings. The average molecular weight is 411 g/mol. The predicted molar refractivity (Wildman–Crippen MR) is 112 cm³/mol. The summed E-state index contributed by atoms with van der Waals surface area (Å²) in [6.45, 7) is 10.9. The fourth-order valence-corrected chi connectivity index (χ4v) is 3.43. The van der Waals surface area contributed by atoms with E-state index in [1.807, 2.05) is 20.8 Å². The van der Waals surface area contributed by atoms with Gasteiger partial charge in [0, 0.05) is 44.5 Å². The quantitative estimate of drug-likeness (QED) is 0.673. The summed E-state index contributed by atoms with van der Waals surface area (Å²) in [6.07, 6.45) is -0.388. The van der Waals surface area contributed by atoms with Gasteiger partial charge in [0.2, 0.25) is 0 Å². The molecule has 0 bridgehead atoms. The van der Waals surface area contributed by atoms with Gasteiger partial charge < -0.3 is 20.6 Å². The highest BCUT2D eigenvalue weighted by atomic mass is 35.5. The number of β-amino-alcohol motifs (C(OH)–C–C–N with tert-alkyl or cyclic N) is 1. The van der Waals surface area contributed by atoms with Crippen molar-refractivity contribution in [3.05, 3.63) is 28.8 Å². The molecule has 0 aromatic heterocycles. The summed E-state index contributed by atoms with van der Waals surface area (Å²) in [7, 11) is 0. The standard InChI is InChI=1S/C20H31ClN4O3/c1-13(2)10-22-19(27)17-6-5-16(9-18(17)21)23-20(28)25-8-7-24(12-15(4)26)14(3)11-25/h5-6,9,13-15,26H,7-8,10-12H2,1-4H3,(H,22,27)(H,23,28)/t14-,15+/m0/s1. The van der Waals surface area contributed by atoms with Crippen molar-refractivity contribution in [1.82, 2.24) is 15.1 Å². The lowest BCUT2D eigenvalue weighted by Gasteiger charge is -2.40. The number of rotatable bonds is 6. The lowest BCUT2D eigenvalue weighted by atomic mass is 10.1. The maximum atomic E-state index is 12.6. The Kier molecular flexibility index (Phi) is 8.10. The van der Waals surface area contributed by atoms with Crippen LogP contribution in [0.5, 0.6) is 0 Å². The van der Waals surface area contributed by atoms with Crippen LogP contribution < -0.4 is 10.6 Å². The van der Waals surface area contributed by atoms with Crippen LogP contribution in [0.4, 0.5) is 10.5 Å². The van der Waals surface area contributed by atoms with Crippen LogP contribution in [0, 0.1) is 5.92 Å². The second kappa shape index (κ2) is 10.1. The molecule has 3 amide bonds. The zero-order chi connectivity index (χ0) is 20.8. The average Bonchev–Trinajstić information content (AvgIpc) is 2.61. The summed E-state index contributed by atoms with van der Waals surface area (Å²) in [5.74, 6) is 0.129. The van der Waals surface area contributed by atoms with E-state index < -0.39 is 0 Å². The molecule has 1 saturated heterocycles. The second-order valence-corrected chi connectivity index (χ2v) is 8.27. The Morgan fingerprint density at radius 1 is 1.29 bits per heavy atom. The third-order valence-corrected chi connectivity index (χ3v) is 5.00. The number of benzene rings is 1. The Bertz CT molecular complexity index is 696. The van der Waals surface area contributed by atoms with Crippen molar-refractivity contribution in [3.8, 4) is 0 Å². The Labute approximate surface area is 172 Å². The number of nitrogens with zero attached hydrogens (tertiary/aromatic N) is 2. The van der Waals surface area contributed by atoms with Crippen LogP contribution >= 0.6 is 11.6 Å². The van der Waals surface area contributed by atoms with Crippen molar-refractivity contribution < 1.29 is 14.7 Å². The van der Waals surface area contributed by atoms with Crippen LogP contribution in [0.15, 0.2) is 18.2 Å². The Balaban J connectivity index is 1.94. The largest absolute Gasteiger partial charge is 0.392 e. The minimum atomic E-state index is -0.388. The van der Waals surface area contributed by atoms with Gasteiger partial charge in [-0.3, -0.25) is 9.69 Å². The van der Waals surface area contributed by atoms with Crippen molar-refractivity contribution in [1.29, 1.82) is 0 Å². The fourth-order valence-electron chi connectivity index (χ4n) is 3.16. The maximum Gasteiger partial charge on any atom is 0.321 e. The number of halogens is 1. The zero-order valence-electron chi connectivity index (χ0n) is 17.0. The molecule has 7 nitrogen and oxygen atoms in total. The number of aliphatic hydroxyl groups excluding tert-OH is 1. The van der Waals surface area contributed by atoms with Crippen LogP contribution in [0.2, 0.25) is 5.02 Å². The molecule has 3 N–H and O–H groups in total. The van der Waals surface area contributed by atoms with Gasteiger partial charge in [0.25, 0.3) is 5.91 Å². The predicted octanol–water partition coefficient (Wildman–Crippen LogP) is 2.64. The first-order valence-electron chi connectivity index (χ1n) is 9.73. The Morgan fingerprint density at radius 3 is 2.57 bits per heavy atom. The number of aliphatic hydroxyl groups is 1. The van der Waals surface area contributed by atoms with Gasteiger partial charge in [-0.15, -0.1) is 0 Å². The monoisotopic (exact) mass is 410 g/mol. The fraction of sp³-hybridized carbons (Fsp3) is 0.600. The summed E-state index contributed by atoms with van der Waals surface area (Å²) >= 11 is 6.24. The van der Waals surface area contributed by atoms with Crippen molar-refractivity contribution in [3.63, 3.8) is 0 Å². The van der Waals surface area contributed by atoms with Crippen LogP contribution in [-0.2, 0) is 0 Å². The minimum Gasteiger partial charge on any atom is -0.392 e. The number of hydrogen-bond acceptors (Lipinski definition) is 4. The number of urea groups is 1. The summed E-state index contributed by atoms with van der Waals surface area (Å²) < 4.78 is 0. The molecule has 0 unspecified atom stereocenters. The highest BCUT2D eigenvalue weighted by molar-refractivity contribution is 6.34. The molecular weight excluding hydrogens is 380 g/mol. The van der Waals surface area contributed by atoms with E-state index >= 15 is 0 Å². The summed E-state index contributed by atoms with van der Waals surface area (Å²) in [5, 5.41) is 15.5. The number of hydrogen-bond donors (Lipinski definition) is 3. The van der Waals surface area contributed by atoms with Gasteiger partial charge in [0.05, 0.1) is 16.7 Å². The van der Waals surface area contributed by atoms with E-state index in [1.54, 1.807) is 30.0 Å². The second-order valence-electron chi connectivity index (χ2n) is 7.87. The van der Waals surface area contributed by atoms with E-state index in [0.29, 0.717) is 48.4 Å². The number of carbonyl (C=O) groups is 2. The smallest absolute Gasteiger partial charge is 0.321 e. The van der Waals surface area contributed by atoms with Crippen molar-refractivity contribution >= 4 is 29.2 Å². The number of nitrogens with one attached hydrogen (secondary N) is 2. The minimum absolute atomic E-state index is 0.171. The highest BCUT2D eigenvalue weighted by Gasteiger charge is 2.27. The summed E-state index contributed by atoms with van der Waals surface area (Å²) in [4.78, 5) is 28.7. The van der Waals surface area contributed by atoms with Crippen molar-refractivity contribution in [2.75, 3.05) is 38.0 Å². The molecule has 0 radical (unpaired) electrons. The first kappa shape index (κ1) is 22.5. The SMILES string of the molecule is CC(C)CNC(=O)c1ccc(NC(=O)N2CCN(C[C@@H](C)O)[C@@H](C)C2)cc1Cl.